The maximum Gasteiger partial charge on any atom is 0.251 e. The van der Waals surface area contributed by atoms with Crippen LogP contribution in [0.5, 0.6) is 0 Å². The third-order valence-electron chi connectivity index (χ3n) is 4.98. The summed E-state index contributed by atoms with van der Waals surface area (Å²) < 4.78 is 10.8. The fraction of sp³-hybridized carbons (Fsp3) is 0.273. The second-order valence-electron chi connectivity index (χ2n) is 6.85. The molecule has 1 N–H and O–H groups in total. The second-order valence-corrected chi connectivity index (χ2v) is 6.85. The van der Waals surface area contributed by atoms with Crippen LogP contribution in [0.3, 0.4) is 0 Å². The molecule has 1 aromatic heterocycles. The largest absolute Gasteiger partial charge is 0.464 e. The summed E-state index contributed by atoms with van der Waals surface area (Å²) in [7, 11) is 0. The molecule has 0 radical (unpaired) electrons. The molecule has 0 saturated carbocycles. The molecule has 1 aliphatic heterocycles. The lowest BCUT2D eigenvalue weighted by molar-refractivity contribution is 0.0950. The molecule has 1 amide bonds. The normalized spacial score (nSPS) is 16.5. The molecule has 5 nitrogen and oxygen atoms in total. The lowest BCUT2D eigenvalue weighted by Gasteiger charge is -2.10. The number of rotatable bonds is 5. The highest BCUT2D eigenvalue weighted by Gasteiger charge is 2.15. The molecule has 0 aliphatic carbocycles. The Kier molecular flexibility index (Phi) is 5.03. The Morgan fingerprint density at radius 2 is 2.00 bits per heavy atom. The lowest BCUT2D eigenvalue weighted by atomic mass is 10.0. The molecule has 0 unspecified atom stereocenters. The summed E-state index contributed by atoms with van der Waals surface area (Å²) in [5, 5.41) is 3.53. The van der Waals surface area contributed by atoms with Gasteiger partial charge in [0.15, 0.2) is 5.43 Å². The van der Waals surface area contributed by atoms with Gasteiger partial charge in [0.2, 0.25) is 0 Å². The molecular weight excluding hydrogens is 342 g/mol. The van der Waals surface area contributed by atoms with E-state index in [4.69, 9.17) is 9.15 Å². The number of hydrogen-bond donors (Lipinski definition) is 1. The van der Waals surface area contributed by atoms with Gasteiger partial charge in [0.25, 0.3) is 5.91 Å². The average molecular weight is 363 g/mol. The SMILES string of the molecule is O=C(NCC[C@H]1CCOC1)c1cccc(-c2ccc3c(=O)ccoc3c2)c1. The van der Waals surface area contributed by atoms with Gasteiger partial charge in [-0.1, -0.05) is 18.2 Å². The number of amides is 1. The maximum absolute atomic E-state index is 12.5. The van der Waals surface area contributed by atoms with Crippen molar-refractivity contribution in [3.05, 3.63) is 70.6 Å². The van der Waals surface area contributed by atoms with E-state index in [0.29, 0.717) is 29.0 Å². The Bertz CT molecular complexity index is 1020. The van der Waals surface area contributed by atoms with Crippen molar-refractivity contribution < 1.29 is 13.9 Å². The predicted octanol–water partition coefficient (Wildman–Crippen LogP) is 3.62. The van der Waals surface area contributed by atoms with Crippen LogP contribution in [0.1, 0.15) is 23.2 Å². The number of carbonyl (C=O) groups excluding carboxylic acids is 1. The summed E-state index contributed by atoms with van der Waals surface area (Å²) in [6.45, 7) is 2.27. The molecule has 1 aliphatic rings. The van der Waals surface area contributed by atoms with E-state index in [0.717, 1.165) is 37.2 Å². The predicted molar refractivity (Wildman–Crippen MR) is 104 cm³/mol. The van der Waals surface area contributed by atoms with E-state index in [9.17, 15) is 9.59 Å². The van der Waals surface area contributed by atoms with Crippen LogP contribution in [0.25, 0.3) is 22.1 Å². The van der Waals surface area contributed by atoms with Crippen molar-refractivity contribution in [1.82, 2.24) is 5.32 Å². The number of nitrogens with one attached hydrogen (secondary N) is 1. The highest BCUT2D eigenvalue weighted by Crippen LogP contribution is 2.24. The van der Waals surface area contributed by atoms with Gasteiger partial charge in [0, 0.05) is 31.4 Å². The molecule has 0 spiro atoms. The minimum atomic E-state index is -0.0805. The van der Waals surface area contributed by atoms with Gasteiger partial charge in [0.1, 0.15) is 5.58 Å². The first-order valence-electron chi connectivity index (χ1n) is 9.19. The first-order chi connectivity index (χ1) is 13.2. The van der Waals surface area contributed by atoms with Gasteiger partial charge in [-0.3, -0.25) is 9.59 Å². The van der Waals surface area contributed by atoms with E-state index in [1.165, 1.54) is 12.3 Å². The smallest absolute Gasteiger partial charge is 0.251 e. The van der Waals surface area contributed by atoms with E-state index < -0.39 is 0 Å². The Balaban J connectivity index is 1.50. The van der Waals surface area contributed by atoms with Crippen molar-refractivity contribution in [3.8, 4) is 11.1 Å². The monoisotopic (exact) mass is 363 g/mol. The summed E-state index contributed by atoms with van der Waals surface area (Å²) in [6.07, 6.45) is 3.41. The molecular formula is C22H21NO4. The third kappa shape index (κ3) is 3.93. The fourth-order valence-electron chi connectivity index (χ4n) is 3.40. The zero-order chi connectivity index (χ0) is 18.6. The van der Waals surface area contributed by atoms with Crippen molar-refractivity contribution >= 4 is 16.9 Å². The molecule has 0 bridgehead atoms. The minimum Gasteiger partial charge on any atom is -0.464 e. The van der Waals surface area contributed by atoms with E-state index in [1.807, 2.05) is 30.3 Å². The van der Waals surface area contributed by atoms with Gasteiger partial charge in [0.05, 0.1) is 11.6 Å². The van der Waals surface area contributed by atoms with Crippen LogP contribution in [0.15, 0.2) is 64.0 Å². The summed E-state index contributed by atoms with van der Waals surface area (Å²) in [6, 6.07) is 14.3. The van der Waals surface area contributed by atoms with Crippen molar-refractivity contribution in [2.75, 3.05) is 19.8 Å². The van der Waals surface area contributed by atoms with E-state index >= 15 is 0 Å². The number of fused-ring (bicyclic) bond motifs is 1. The summed E-state index contributed by atoms with van der Waals surface area (Å²) in [5.74, 6) is 0.465. The lowest BCUT2D eigenvalue weighted by Crippen LogP contribution is -2.26. The number of carbonyl (C=O) groups is 1. The van der Waals surface area contributed by atoms with E-state index in [-0.39, 0.29) is 11.3 Å². The third-order valence-corrected chi connectivity index (χ3v) is 4.98. The molecule has 2 aromatic carbocycles. The molecule has 5 heteroatoms. The van der Waals surface area contributed by atoms with Crippen molar-refractivity contribution in [2.45, 2.75) is 12.8 Å². The van der Waals surface area contributed by atoms with Crippen LogP contribution in [-0.2, 0) is 4.74 Å². The Morgan fingerprint density at radius 1 is 1.11 bits per heavy atom. The van der Waals surface area contributed by atoms with Crippen LogP contribution >= 0.6 is 0 Å². The van der Waals surface area contributed by atoms with Gasteiger partial charge < -0.3 is 14.5 Å². The summed E-state index contributed by atoms with van der Waals surface area (Å²) in [5.41, 5.74) is 2.89. The van der Waals surface area contributed by atoms with Crippen molar-refractivity contribution in [1.29, 1.82) is 0 Å². The topological polar surface area (TPSA) is 68.5 Å². The Labute approximate surface area is 157 Å². The maximum atomic E-state index is 12.5. The molecule has 4 rings (SSSR count). The van der Waals surface area contributed by atoms with Crippen LogP contribution in [-0.4, -0.2) is 25.7 Å². The fourth-order valence-corrected chi connectivity index (χ4v) is 3.40. The standard InChI is InChI=1S/C22H21NO4/c24-20-8-11-27-21-13-17(4-5-19(20)21)16-2-1-3-18(12-16)22(25)23-9-6-15-7-10-26-14-15/h1-5,8,11-13,15H,6-7,9-10,14H2,(H,23,25)/t15-/m0/s1. The van der Waals surface area contributed by atoms with E-state index in [1.54, 1.807) is 12.1 Å². The molecule has 27 heavy (non-hydrogen) atoms. The average Bonchev–Trinajstić information content (AvgIpc) is 3.21. The van der Waals surface area contributed by atoms with Crippen LogP contribution in [0.4, 0.5) is 0 Å². The quantitative estimate of drug-likeness (QED) is 0.752. The minimum absolute atomic E-state index is 0.0661. The number of ether oxygens (including phenoxy) is 1. The summed E-state index contributed by atoms with van der Waals surface area (Å²) in [4.78, 5) is 24.3. The van der Waals surface area contributed by atoms with Gasteiger partial charge in [-0.05, 0) is 54.2 Å². The van der Waals surface area contributed by atoms with Gasteiger partial charge in [-0.2, -0.15) is 0 Å². The number of benzene rings is 2. The zero-order valence-electron chi connectivity index (χ0n) is 14.9. The Morgan fingerprint density at radius 3 is 2.85 bits per heavy atom. The van der Waals surface area contributed by atoms with Gasteiger partial charge in [-0.15, -0.1) is 0 Å². The summed E-state index contributed by atoms with van der Waals surface area (Å²) >= 11 is 0. The second kappa shape index (κ2) is 7.76. The first-order valence-corrected chi connectivity index (χ1v) is 9.19. The molecule has 1 fully saturated rings. The van der Waals surface area contributed by atoms with Gasteiger partial charge >= 0.3 is 0 Å². The Hall–Kier alpha value is -2.92. The first kappa shape index (κ1) is 17.5. The molecule has 1 atom stereocenters. The highest BCUT2D eigenvalue weighted by molar-refractivity contribution is 5.95. The van der Waals surface area contributed by atoms with Gasteiger partial charge in [-0.25, -0.2) is 0 Å². The van der Waals surface area contributed by atoms with Crippen molar-refractivity contribution in [2.24, 2.45) is 5.92 Å². The van der Waals surface area contributed by atoms with E-state index in [2.05, 4.69) is 5.32 Å². The van der Waals surface area contributed by atoms with Crippen LogP contribution < -0.4 is 10.7 Å². The molecule has 1 saturated heterocycles. The highest BCUT2D eigenvalue weighted by atomic mass is 16.5. The van der Waals surface area contributed by atoms with Crippen LogP contribution in [0.2, 0.25) is 0 Å². The zero-order valence-corrected chi connectivity index (χ0v) is 14.9. The molecule has 138 valence electrons. The number of hydrogen-bond acceptors (Lipinski definition) is 4. The van der Waals surface area contributed by atoms with Crippen LogP contribution in [0, 0.1) is 5.92 Å². The molecule has 2 heterocycles. The molecule has 3 aromatic rings. The van der Waals surface area contributed by atoms with Crippen molar-refractivity contribution in [3.63, 3.8) is 0 Å².